The number of aliphatic hydroxyl groups is 2. The SMILES string of the molecule is O=C(Oc1ccc([N+](=O)[O-])cc1)N1CCc2c([nH]c3ccc(Cl)cc23)C1c1ccc(OCC(O)CO)cc1. The van der Waals surface area contributed by atoms with Gasteiger partial charge in [-0.15, -0.1) is 0 Å². The number of carbonyl (C=O) groups is 1. The molecule has 2 unspecified atom stereocenters. The molecule has 0 radical (unpaired) electrons. The number of fused-ring (bicyclic) bond motifs is 3. The van der Waals surface area contributed by atoms with E-state index >= 15 is 0 Å². The van der Waals surface area contributed by atoms with E-state index in [0.717, 1.165) is 27.7 Å². The van der Waals surface area contributed by atoms with E-state index in [0.29, 0.717) is 23.7 Å². The molecule has 10 nitrogen and oxygen atoms in total. The molecule has 196 valence electrons. The van der Waals surface area contributed by atoms with Crippen molar-refractivity contribution in [1.29, 1.82) is 0 Å². The van der Waals surface area contributed by atoms with E-state index in [1.165, 1.54) is 24.3 Å². The molecule has 1 amide bonds. The van der Waals surface area contributed by atoms with Gasteiger partial charge in [0.05, 0.1) is 11.5 Å². The van der Waals surface area contributed by atoms with Crippen molar-refractivity contribution in [2.45, 2.75) is 18.6 Å². The Bertz CT molecular complexity index is 1470. The van der Waals surface area contributed by atoms with E-state index in [-0.39, 0.29) is 18.0 Å². The maximum Gasteiger partial charge on any atom is 0.416 e. The first-order valence-electron chi connectivity index (χ1n) is 11.9. The Hall–Kier alpha value is -4.12. The third-order valence-electron chi connectivity index (χ3n) is 6.43. The fourth-order valence-electron chi connectivity index (χ4n) is 4.59. The Morgan fingerprint density at radius 1 is 1.13 bits per heavy atom. The molecular weight excluding hydrogens is 514 g/mol. The zero-order valence-electron chi connectivity index (χ0n) is 20.0. The van der Waals surface area contributed by atoms with Gasteiger partial charge < -0.3 is 24.7 Å². The molecule has 3 aromatic carbocycles. The molecular formula is C27H24ClN3O7. The topological polar surface area (TPSA) is 138 Å². The average Bonchev–Trinajstić information content (AvgIpc) is 3.29. The fraction of sp³-hybridized carbons (Fsp3) is 0.222. The molecule has 0 fully saturated rings. The Labute approximate surface area is 222 Å². The maximum absolute atomic E-state index is 13.4. The number of ether oxygens (including phenoxy) is 2. The number of non-ortho nitro benzene ring substituents is 1. The van der Waals surface area contributed by atoms with Gasteiger partial charge >= 0.3 is 6.09 Å². The molecule has 4 aromatic rings. The van der Waals surface area contributed by atoms with Crippen LogP contribution in [0.15, 0.2) is 66.7 Å². The molecule has 3 N–H and O–H groups in total. The quantitative estimate of drug-likeness (QED) is 0.231. The lowest BCUT2D eigenvalue weighted by molar-refractivity contribution is -0.384. The normalized spacial score (nSPS) is 15.7. The monoisotopic (exact) mass is 537 g/mol. The van der Waals surface area contributed by atoms with E-state index < -0.39 is 29.8 Å². The number of nitro benzene ring substituents is 1. The number of nitrogens with one attached hydrogen (secondary N) is 1. The van der Waals surface area contributed by atoms with Crippen LogP contribution in [0.25, 0.3) is 10.9 Å². The summed E-state index contributed by atoms with van der Waals surface area (Å²) in [6.07, 6.45) is -1.02. The van der Waals surface area contributed by atoms with Gasteiger partial charge in [0.25, 0.3) is 5.69 Å². The van der Waals surface area contributed by atoms with E-state index in [1.54, 1.807) is 23.1 Å². The van der Waals surface area contributed by atoms with Crippen molar-refractivity contribution in [2.75, 3.05) is 19.8 Å². The van der Waals surface area contributed by atoms with Crippen molar-refractivity contribution in [3.05, 3.63) is 98.7 Å². The molecule has 0 aliphatic carbocycles. The summed E-state index contributed by atoms with van der Waals surface area (Å²) in [4.78, 5) is 28.9. The van der Waals surface area contributed by atoms with Crippen LogP contribution in [0.5, 0.6) is 11.5 Å². The second-order valence-electron chi connectivity index (χ2n) is 8.89. The second kappa shape index (κ2) is 10.7. The average molecular weight is 538 g/mol. The number of nitrogens with zero attached hydrogens (tertiary/aromatic N) is 2. The number of aromatic nitrogens is 1. The molecule has 2 atom stereocenters. The highest BCUT2D eigenvalue weighted by atomic mass is 35.5. The Morgan fingerprint density at radius 2 is 1.84 bits per heavy atom. The number of amides is 1. The first-order chi connectivity index (χ1) is 18.3. The van der Waals surface area contributed by atoms with Crippen molar-refractivity contribution in [2.24, 2.45) is 0 Å². The predicted octanol–water partition coefficient (Wildman–Crippen LogP) is 4.61. The van der Waals surface area contributed by atoms with Crippen LogP contribution in [-0.4, -0.2) is 57.0 Å². The van der Waals surface area contributed by atoms with Gasteiger partial charge in [0.1, 0.15) is 30.3 Å². The molecule has 0 bridgehead atoms. The highest BCUT2D eigenvalue weighted by Crippen LogP contribution is 2.40. The summed E-state index contributed by atoms with van der Waals surface area (Å²) in [6.45, 7) is -0.0943. The minimum Gasteiger partial charge on any atom is -0.491 e. The smallest absolute Gasteiger partial charge is 0.416 e. The lowest BCUT2D eigenvalue weighted by Gasteiger charge is -2.35. The number of H-pyrrole nitrogens is 1. The summed E-state index contributed by atoms with van der Waals surface area (Å²) >= 11 is 6.26. The van der Waals surface area contributed by atoms with Crippen molar-refractivity contribution in [1.82, 2.24) is 9.88 Å². The summed E-state index contributed by atoms with van der Waals surface area (Å²) in [5.74, 6) is 0.695. The van der Waals surface area contributed by atoms with Gasteiger partial charge in [-0.2, -0.15) is 0 Å². The lowest BCUT2D eigenvalue weighted by Crippen LogP contribution is -2.42. The number of hydrogen-bond acceptors (Lipinski definition) is 7. The van der Waals surface area contributed by atoms with Crippen molar-refractivity contribution in [3.63, 3.8) is 0 Å². The molecule has 1 aromatic heterocycles. The number of aliphatic hydroxyl groups excluding tert-OH is 2. The Balaban J connectivity index is 1.48. The summed E-state index contributed by atoms with van der Waals surface area (Å²) in [5.41, 5.74) is 3.47. The highest BCUT2D eigenvalue weighted by molar-refractivity contribution is 6.31. The van der Waals surface area contributed by atoms with Gasteiger partial charge in [-0.3, -0.25) is 15.0 Å². The van der Waals surface area contributed by atoms with E-state index in [1.807, 2.05) is 24.3 Å². The highest BCUT2D eigenvalue weighted by Gasteiger charge is 2.36. The van der Waals surface area contributed by atoms with E-state index in [4.69, 9.17) is 26.2 Å². The zero-order valence-corrected chi connectivity index (χ0v) is 20.8. The third kappa shape index (κ3) is 5.14. The first-order valence-corrected chi connectivity index (χ1v) is 12.3. The molecule has 1 aliphatic heterocycles. The second-order valence-corrected chi connectivity index (χ2v) is 9.32. The molecule has 0 spiro atoms. The Morgan fingerprint density at radius 3 is 2.53 bits per heavy atom. The van der Waals surface area contributed by atoms with Crippen LogP contribution < -0.4 is 9.47 Å². The first kappa shape index (κ1) is 25.5. The van der Waals surface area contributed by atoms with E-state index in [9.17, 15) is 20.0 Å². The number of rotatable bonds is 7. The number of carbonyl (C=O) groups excluding carboxylic acids is 1. The lowest BCUT2D eigenvalue weighted by atomic mass is 9.92. The third-order valence-corrected chi connectivity index (χ3v) is 6.66. The number of aromatic amines is 1. The number of nitro groups is 1. The summed E-state index contributed by atoms with van der Waals surface area (Å²) in [5, 5.41) is 31.1. The van der Waals surface area contributed by atoms with Gasteiger partial charge in [-0.25, -0.2) is 4.79 Å². The molecule has 1 aliphatic rings. The van der Waals surface area contributed by atoms with Gasteiger partial charge in [0, 0.05) is 40.3 Å². The number of hydrogen-bond donors (Lipinski definition) is 3. The number of halogens is 1. The summed E-state index contributed by atoms with van der Waals surface area (Å²) < 4.78 is 11.1. The summed E-state index contributed by atoms with van der Waals surface area (Å²) in [6, 6.07) is 17.5. The van der Waals surface area contributed by atoms with Gasteiger partial charge in [-0.05, 0) is 60.0 Å². The van der Waals surface area contributed by atoms with Crippen LogP contribution in [0.1, 0.15) is 22.9 Å². The zero-order chi connectivity index (χ0) is 26.8. The predicted molar refractivity (Wildman–Crippen MR) is 140 cm³/mol. The van der Waals surface area contributed by atoms with E-state index in [2.05, 4.69) is 4.98 Å². The van der Waals surface area contributed by atoms with Gasteiger partial charge in [-0.1, -0.05) is 23.7 Å². The van der Waals surface area contributed by atoms with Crippen molar-refractivity contribution >= 4 is 34.3 Å². The van der Waals surface area contributed by atoms with Crippen LogP contribution in [0, 0.1) is 10.1 Å². The molecule has 38 heavy (non-hydrogen) atoms. The van der Waals surface area contributed by atoms with Crippen molar-refractivity contribution in [3.8, 4) is 11.5 Å². The number of benzene rings is 3. The fourth-order valence-corrected chi connectivity index (χ4v) is 4.76. The van der Waals surface area contributed by atoms with Crippen LogP contribution in [-0.2, 0) is 6.42 Å². The van der Waals surface area contributed by atoms with Crippen molar-refractivity contribution < 1.29 is 29.4 Å². The van der Waals surface area contributed by atoms with Crippen LogP contribution in [0.3, 0.4) is 0 Å². The molecule has 2 heterocycles. The van der Waals surface area contributed by atoms with Crippen LogP contribution in [0.2, 0.25) is 5.02 Å². The minimum atomic E-state index is -0.988. The molecule has 11 heteroatoms. The summed E-state index contributed by atoms with van der Waals surface area (Å²) in [7, 11) is 0. The largest absolute Gasteiger partial charge is 0.491 e. The molecule has 0 saturated heterocycles. The van der Waals surface area contributed by atoms with Crippen LogP contribution >= 0.6 is 11.6 Å². The Kier molecular flexibility index (Phi) is 7.19. The molecule has 5 rings (SSSR count). The molecule has 0 saturated carbocycles. The van der Waals surface area contributed by atoms with Gasteiger partial charge in [0.15, 0.2) is 0 Å². The van der Waals surface area contributed by atoms with Crippen LogP contribution in [0.4, 0.5) is 10.5 Å². The van der Waals surface area contributed by atoms with Gasteiger partial charge in [0.2, 0.25) is 0 Å². The minimum absolute atomic E-state index is 0.0557. The standard InChI is InChI=1S/C27H24ClN3O7/c28-17-3-10-24-23(13-17)22-11-12-30(27(34)38-21-8-4-18(5-9-21)31(35)36)26(25(22)29-24)16-1-6-20(7-2-16)37-15-19(33)14-32/h1-10,13,19,26,29,32-33H,11-12,14-15H2. The maximum atomic E-state index is 13.4.